The molecule has 0 radical (unpaired) electrons. The lowest BCUT2D eigenvalue weighted by molar-refractivity contribution is 0.693. The Morgan fingerprint density at radius 2 is 2.12 bits per heavy atom. The van der Waals surface area contributed by atoms with Crippen LogP contribution in [0.15, 0.2) is 6.33 Å². The summed E-state index contributed by atoms with van der Waals surface area (Å²) in [6.45, 7) is 6.48. The number of rotatable bonds is 6. The van der Waals surface area contributed by atoms with E-state index in [-0.39, 0.29) is 0 Å². The highest BCUT2D eigenvalue weighted by molar-refractivity contribution is 6.30. The van der Waals surface area contributed by atoms with Gasteiger partial charge in [-0.1, -0.05) is 25.4 Å². The molecule has 1 heterocycles. The average molecular weight is 254 g/mol. The van der Waals surface area contributed by atoms with E-state index in [2.05, 4.69) is 28.7 Å². The molecule has 4 heteroatoms. The Morgan fingerprint density at radius 3 is 2.71 bits per heavy atom. The van der Waals surface area contributed by atoms with Crippen LogP contribution in [0.3, 0.4) is 0 Å². The Labute approximate surface area is 108 Å². The summed E-state index contributed by atoms with van der Waals surface area (Å²) in [7, 11) is 0. The Bertz CT molecular complexity index is 377. The van der Waals surface area contributed by atoms with Crippen molar-refractivity contribution in [2.45, 2.75) is 39.5 Å². The summed E-state index contributed by atoms with van der Waals surface area (Å²) in [6.07, 6.45) is 6.32. The molecule has 1 aromatic heterocycles. The zero-order chi connectivity index (χ0) is 12.3. The summed E-state index contributed by atoms with van der Waals surface area (Å²) in [6, 6.07) is 0. The van der Waals surface area contributed by atoms with Crippen LogP contribution in [-0.4, -0.2) is 23.1 Å². The van der Waals surface area contributed by atoms with Crippen LogP contribution in [-0.2, 0) is 6.42 Å². The van der Waals surface area contributed by atoms with E-state index in [1.807, 2.05) is 0 Å². The largest absolute Gasteiger partial charge is 0.356 e. The first-order chi connectivity index (χ1) is 8.26. The summed E-state index contributed by atoms with van der Waals surface area (Å²) in [4.78, 5) is 10.9. The third-order valence-electron chi connectivity index (χ3n) is 3.19. The van der Waals surface area contributed by atoms with E-state index in [0.29, 0.717) is 5.15 Å². The molecule has 0 aromatic carbocycles. The van der Waals surface area contributed by atoms with Crippen molar-refractivity contribution in [1.29, 1.82) is 0 Å². The van der Waals surface area contributed by atoms with Gasteiger partial charge in [-0.25, -0.2) is 9.97 Å². The normalized spacial score (nSPS) is 15.0. The van der Waals surface area contributed by atoms with Crippen LogP contribution in [0.1, 0.15) is 38.7 Å². The number of hydrogen-bond acceptors (Lipinski definition) is 3. The molecule has 0 amide bonds. The fraction of sp³-hybridized carbons (Fsp3) is 0.692. The quantitative estimate of drug-likeness (QED) is 0.729. The molecule has 3 nitrogen and oxygen atoms in total. The lowest BCUT2D eigenvalue weighted by atomic mass is 10.2. The van der Waals surface area contributed by atoms with Crippen LogP contribution in [0.25, 0.3) is 0 Å². The van der Waals surface area contributed by atoms with Gasteiger partial charge in [0.1, 0.15) is 17.3 Å². The molecule has 0 atom stereocenters. The Balaban J connectivity index is 2.23. The van der Waals surface area contributed by atoms with Crippen molar-refractivity contribution in [3.63, 3.8) is 0 Å². The van der Waals surface area contributed by atoms with Gasteiger partial charge in [-0.3, -0.25) is 0 Å². The lowest BCUT2D eigenvalue weighted by Gasteiger charge is -2.25. The molecule has 17 heavy (non-hydrogen) atoms. The minimum atomic E-state index is 0.606. The van der Waals surface area contributed by atoms with E-state index < -0.39 is 0 Å². The number of aromatic nitrogens is 2. The molecular formula is C13H20ClN3. The number of nitrogens with zero attached hydrogens (tertiary/aromatic N) is 3. The van der Waals surface area contributed by atoms with E-state index >= 15 is 0 Å². The smallest absolute Gasteiger partial charge is 0.137 e. The molecule has 0 aliphatic heterocycles. The Kier molecular flexibility index (Phi) is 4.21. The predicted octanol–water partition coefficient (Wildman–Crippen LogP) is 3.32. The Hall–Kier alpha value is -0.830. The second-order valence-electron chi connectivity index (χ2n) is 4.71. The maximum atomic E-state index is 6.15. The fourth-order valence-corrected chi connectivity index (χ4v) is 2.39. The molecule has 1 aliphatic carbocycles. The van der Waals surface area contributed by atoms with Crippen LogP contribution < -0.4 is 4.90 Å². The number of anilines is 1. The molecule has 0 bridgehead atoms. The fourth-order valence-electron chi connectivity index (χ4n) is 2.12. The molecule has 2 rings (SSSR count). The molecule has 94 valence electrons. The van der Waals surface area contributed by atoms with Crippen molar-refractivity contribution in [1.82, 2.24) is 9.97 Å². The highest BCUT2D eigenvalue weighted by atomic mass is 35.5. The first-order valence-electron chi connectivity index (χ1n) is 6.50. The minimum Gasteiger partial charge on any atom is -0.356 e. The van der Waals surface area contributed by atoms with E-state index in [1.165, 1.54) is 12.8 Å². The van der Waals surface area contributed by atoms with Gasteiger partial charge in [0.2, 0.25) is 0 Å². The standard InChI is InChI=1S/C13H20ClN3/c1-3-7-17(8-10-5-6-10)13-11(4-2)12(14)15-9-16-13/h9-10H,3-8H2,1-2H3. The van der Waals surface area contributed by atoms with Gasteiger partial charge >= 0.3 is 0 Å². The molecule has 0 saturated heterocycles. The molecular weight excluding hydrogens is 234 g/mol. The van der Waals surface area contributed by atoms with Gasteiger partial charge in [-0.05, 0) is 31.6 Å². The number of halogens is 1. The third-order valence-corrected chi connectivity index (χ3v) is 3.52. The molecule has 0 N–H and O–H groups in total. The molecule has 1 saturated carbocycles. The summed E-state index contributed by atoms with van der Waals surface area (Å²) in [5.41, 5.74) is 1.09. The van der Waals surface area contributed by atoms with Gasteiger partial charge in [0.25, 0.3) is 0 Å². The second-order valence-corrected chi connectivity index (χ2v) is 5.07. The summed E-state index contributed by atoms with van der Waals surface area (Å²) in [5.74, 6) is 1.90. The van der Waals surface area contributed by atoms with E-state index in [4.69, 9.17) is 11.6 Å². The van der Waals surface area contributed by atoms with Crippen LogP contribution in [0.4, 0.5) is 5.82 Å². The van der Waals surface area contributed by atoms with Crippen molar-refractivity contribution < 1.29 is 0 Å². The first-order valence-corrected chi connectivity index (χ1v) is 6.88. The minimum absolute atomic E-state index is 0.606. The van der Waals surface area contributed by atoms with Gasteiger partial charge in [-0.15, -0.1) is 0 Å². The van der Waals surface area contributed by atoms with Crippen molar-refractivity contribution in [3.05, 3.63) is 17.0 Å². The van der Waals surface area contributed by atoms with Crippen LogP contribution in [0, 0.1) is 5.92 Å². The van der Waals surface area contributed by atoms with Crippen molar-refractivity contribution in [2.75, 3.05) is 18.0 Å². The summed E-state index contributed by atoms with van der Waals surface area (Å²) < 4.78 is 0. The lowest BCUT2D eigenvalue weighted by Crippen LogP contribution is -2.28. The highest BCUT2D eigenvalue weighted by Crippen LogP contribution is 2.32. The number of hydrogen-bond donors (Lipinski definition) is 0. The van der Waals surface area contributed by atoms with Crippen molar-refractivity contribution >= 4 is 17.4 Å². The second kappa shape index (κ2) is 5.67. The molecule has 0 spiro atoms. The first kappa shape index (κ1) is 12.6. The van der Waals surface area contributed by atoms with Crippen LogP contribution in [0.2, 0.25) is 5.15 Å². The van der Waals surface area contributed by atoms with Crippen molar-refractivity contribution in [3.8, 4) is 0 Å². The zero-order valence-corrected chi connectivity index (χ0v) is 11.4. The third kappa shape index (κ3) is 3.09. The molecule has 1 aliphatic rings. The van der Waals surface area contributed by atoms with Gasteiger partial charge in [0.15, 0.2) is 0 Å². The summed E-state index contributed by atoms with van der Waals surface area (Å²) in [5, 5.41) is 0.606. The van der Waals surface area contributed by atoms with Gasteiger partial charge in [0, 0.05) is 18.7 Å². The predicted molar refractivity (Wildman–Crippen MR) is 71.6 cm³/mol. The monoisotopic (exact) mass is 253 g/mol. The average Bonchev–Trinajstić information content (AvgIpc) is 3.12. The van der Waals surface area contributed by atoms with Crippen LogP contribution >= 0.6 is 11.6 Å². The van der Waals surface area contributed by atoms with Gasteiger partial charge in [-0.2, -0.15) is 0 Å². The van der Waals surface area contributed by atoms with Crippen LogP contribution in [0.5, 0.6) is 0 Å². The van der Waals surface area contributed by atoms with E-state index in [9.17, 15) is 0 Å². The Morgan fingerprint density at radius 1 is 1.35 bits per heavy atom. The molecule has 1 fully saturated rings. The zero-order valence-electron chi connectivity index (χ0n) is 10.6. The maximum Gasteiger partial charge on any atom is 0.137 e. The molecule has 1 aromatic rings. The van der Waals surface area contributed by atoms with Gasteiger partial charge < -0.3 is 4.90 Å². The molecule has 0 unspecified atom stereocenters. The van der Waals surface area contributed by atoms with Gasteiger partial charge in [0.05, 0.1) is 0 Å². The topological polar surface area (TPSA) is 29.0 Å². The van der Waals surface area contributed by atoms with E-state index in [0.717, 1.165) is 43.2 Å². The highest BCUT2D eigenvalue weighted by Gasteiger charge is 2.26. The van der Waals surface area contributed by atoms with Crippen molar-refractivity contribution in [2.24, 2.45) is 5.92 Å². The summed E-state index contributed by atoms with van der Waals surface area (Å²) >= 11 is 6.15. The maximum absolute atomic E-state index is 6.15. The SMILES string of the molecule is CCCN(CC1CC1)c1ncnc(Cl)c1CC. The van der Waals surface area contributed by atoms with E-state index in [1.54, 1.807) is 6.33 Å².